The van der Waals surface area contributed by atoms with Crippen LogP contribution in [0.25, 0.3) is 10.8 Å². The van der Waals surface area contributed by atoms with Crippen LogP contribution in [0, 0.1) is 0 Å². The number of carbonyl (C=O) groups is 1. The zero-order valence-corrected chi connectivity index (χ0v) is 20.8. The SMILES string of the molecule is O=C(Oc1ccc2ccccc2c1)[C@H]1O[C@@H]1c1ccccc1CCCCCCCCc1ccccc1. The van der Waals surface area contributed by atoms with Crippen LogP contribution in [-0.2, 0) is 22.4 Å². The molecule has 1 heterocycles. The standard InChI is InChI=1S/C33H34O3/c34-33(35-29-23-22-26-17-10-11-20-28(26)24-29)32-31(36-32)30-21-13-12-19-27(30)18-9-4-2-1-3-6-14-25-15-7-5-8-16-25/h5,7-8,10-13,15-17,19-24,31-32H,1-4,6,9,14,18H2/t31-,32+/m1/s1. The second kappa shape index (κ2) is 12.0. The molecule has 0 bridgehead atoms. The first-order valence-electron chi connectivity index (χ1n) is 13.3. The maximum Gasteiger partial charge on any atom is 0.343 e. The summed E-state index contributed by atoms with van der Waals surface area (Å²) in [6.07, 6.45) is 9.00. The Hall–Kier alpha value is -3.43. The van der Waals surface area contributed by atoms with Crippen molar-refractivity contribution in [2.45, 2.75) is 63.6 Å². The minimum atomic E-state index is -0.526. The third kappa shape index (κ3) is 6.41. The number of ether oxygens (including phenoxy) is 2. The second-order valence-electron chi connectivity index (χ2n) is 9.71. The largest absolute Gasteiger partial charge is 0.425 e. The molecule has 5 rings (SSSR count). The average molecular weight is 479 g/mol. The summed E-state index contributed by atoms with van der Waals surface area (Å²) in [5.41, 5.74) is 3.85. The van der Waals surface area contributed by atoms with Gasteiger partial charge in [-0.25, -0.2) is 4.79 Å². The summed E-state index contributed by atoms with van der Waals surface area (Å²) in [6, 6.07) is 32.9. The quantitative estimate of drug-likeness (QED) is 0.0896. The summed E-state index contributed by atoms with van der Waals surface area (Å²) in [4.78, 5) is 12.7. The monoisotopic (exact) mass is 478 g/mol. The van der Waals surface area contributed by atoms with Crippen LogP contribution in [0.5, 0.6) is 5.75 Å². The summed E-state index contributed by atoms with van der Waals surface area (Å²) < 4.78 is 11.4. The number of esters is 1. The van der Waals surface area contributed by atoms with Gasteiger partial charge in [-0.2, -0.15) is 0 Å². The van der Waals surface area contributed by atoms with Crippen molar-refractivity contribution in [2.75, 3.05) is 0 Å². The molecule has 36 heavy (non-hydrogen) atoms. The van der Waals surface area contributed by atoms with Gasteiger partial charge in [-0.05, 0) is 65.3 Å². The molecule has 2 atom stereocenters. The van der Waals surface area contributed by atoms with E-state index in [1.807, 2.05) is 48.5 Å². The lowest BCUT2D eigenvalue weighted by molar-refractivity contribution is -0.135. The molecule has 1 aliphatic rings. The maximum absolute atomic E-state index is 12.7. The predicted molar refractivity (Wildman–Crippen MR) is 145 cm³/mol. The maximum atomic E-state index is 12.7. The second-order valence-corrected chi connectivity index (χ2v) is 9.71. The molecule has 1 saturated heterocycles. The Balaban J connectivity index is 1.05. The molecule has 4 aromatic rings. The number of aryl methyl sites for hydroxylation is 2. The van der Waals surface area contributed by atoms with E-state index >= 15 is 0 Å². The van der Waals surface area contributed by atoms with Crippen LogP contribution in [-0.4, -0.2) is 12.1 Å². The Morgan fingerprint density at radius 2 is 1.33 bits per heavy atom. The fourth-order valence-electron chi connectivity index (χ4n) is 4.97. The van der Waals surface area contributed by atoms with Crippen LogP contribution in [0.3, 0.4) is 0 Å². The van der Waals surface area contributed by atoms with Crippen molar-refractivity contribution < 1.29 is 14.3 Å². The normalized spacial score (nSPS) is 16.7. The van der Waals surface area contributed by atoms with Gasteiger partial charge in [0.25, 0.3) is 0 Å². The van der Waals surface area contributed by atoms with Crippen molar-refractivity contribution in [1.29, 1.82) is 0 Å². The van der Waals surface area contributed by atoms with E-state index < -0.39 is 6.10 Å². The molecule has 0 aliphatic carbocycles. The van der Waals surface area contributed by atoms with Crippen molar-refractivity contribution in [3.8, 4) is 5.75 Å². The zero-order chi connectivity index (χ0) is 24.6. The van der Waals surface area contributed by atoms with Gasteiger partial charge >= 0.3 is 5.97 Å². The third-order valence-corrected chi connectivity index (χ3v) is 7.03. The highest BCUT2D eigenvalue weighted by Gasteiger charge is 2.48. The molecular weight excluding hydrogens is 444 g/mol. The fraction of sp³-hybridized carbons (Fsp3) is 0.303. The van der Waals surface area contributed by atoms with E-state index in [9.17, 15) is 4.79 Å². The highest BCUT2D eigenvalue weighted by Crippen LogP contribution is 2.41. The molecule has 0 saturated carbocycles. The molecule has 4 aromatic carbocycles. The van der Waals surface area contributed by atoms with E-state index in [0.717, 1.165) is 29.2 Å². The molecular formula is C33H34O3. The van der Waals surface area contributed by atoms with Gasteiger partial charge in [-0.15, -0.1) is 0 Å². The Kier molecular flexibility index (Phi) is 8.10. The number of carbonyl (C=O) groups excluding carboxylic acids is 1. The van der Waals surface area contributed by atoms with E-state index in [1.54, 1.807) is 0 Å². The first-order chi connectivity index (χ1) is 17.8. The third-order valence-electron chi connectivity index (χ3n) is 7.03. The Bertz CT molecular complexity index is 1280. The van der Waals surface area contributed by atoms with Crippen LogP contribution in [0.15, 0.2) is 97.1 Å². The number of rotatable bonds is 12. The van der Waals surface area contributed by atoms with Gasteiger partial charge in [0.05, 0.1) is 0 Å². The van der Waals surface area contributed by atoms with Gasteiger partial charge in [0.1, 0.15) is 11.9 Å². The van der Waals surface area contributed by atoms with E-state index in [4.69, 9.17) is 9.47 Å². The van der Waals surface area contributed by atoms with Gasteiger partial charge < -0.3 is 9.47 Å². The van der Waals surface area contributed by atoms with E-state index in [2.05, 4.69) is 48.5 Å². The summed E-state index contributed by atoms with van der Waals surface area (Å²) in [7, 11) is 0. The minimum absolute atomic E-state index is 0.202. The number of hydrogen-bond acceptors (Lipinski definition) is 3. The van der Waals surface area contributed by atoms with Gasteiger partial charge in [-0.3, -0.25) is 0 Å². The summed E-state index contributed by atoms with van der Waals surface area (Å²) >= 11 is 0. The summed E-state index contributed by atoms with van der Waals surface area (Å²) in [5, 5.41) is 2.18. The van der Waals surface area contributed by atoms with E-state index in [1.165, 1.54) is 49.7 Å². The molecule has 0 spiro atoms. The van der Waals surface area contributed by atoms with Gasteiger partial charge in [0.15, 0.2) is 6.10 Å². The van der Waals surface area contributed by atoms with Gasteiger partial charge in [0.2, 0.25) is 0 Å². The number of epoxide rings is 1. The molecule has 1 fully saturated rings. The lowest BCUT2D eigenvalue weighted by atomic mass is 9.97. The summed E-state index contributed by atoms with van der Waals surface area (Å²) in [5.74, 6) is 0.241. The highest BCUT2D eigenvalue weighted by molar-refractivity contribution is 5.86. The van der Waals surface area contributed by atoms with Gasteiger partial charge in [-0.1, -0.05) is 111 Å². The fourth-order valence-corrected chi connectivity index (χ4v) is 4.97. The molecule has 3 heteroatoms. The van der Waals surface area contributed by atoms with Crippen molar-refractivity contribution >= 4 is 16.7 Å². The molecule has 1 aliphatic heterocycles. The van der Waals surface area contributed by atoms with Crippen molar-refractivity contribution in [3.63, 3.8) is 0 Å². The lowest BCUT2D eigenvalue weighted by Crippen LogP contribution is -2.15. The van der Waals surface area contributed by atoms with Crippen LogP contribution in [0.1, 0.15) is 61.3 Å². The zero-order valence-electron chi connectivity index (χ0n) is 20.8. The van der Waals surface area contributed by atoms with Crippen molar-refractivity contribution in [2.24, 2.45) is 0 Å². The van der Waals surface area contributed by atoms with E-state index in [-0.39, 0.29) is 12.1 Å². The Morgan fingerprint density at radius 3 is 2.17 bits per heavy atom. The highest BCUT2D eigenvalue weighted by atomic mass is 16.6. The minimum Gasteiger partial charge on any atom is -0.425 e. The van der Waals surface area contributed by atoms with Crippen LogP contribution >= 0.6 is 0 Å². The van der Waals surface area contributed by atoms with Crippen molar-refractivity contribution in [3.05, 3.63) is 114 Å². The molecule has 0 radical (unpaired) electrons. The Labute approximate surface area is 214 Å². The smallest absolute Gasteiger partial charge is 0.343 e. The molecule has 0 aromatic heterocycles. The number of unbranched alkanes of at least 4 members (excludes halogenated alkanes) is 5. The van der Waals surface area contributed by atoms with Crippen LogP contribution in [0.2, 0.25) is 0 Å². The molecule has 0 unspecified atom stereocenters. The average Bonchev–Trinajstić information content (AvgIpc) is 3.72. The summed E-state index contributed by atoms with van der Waals surface area (Å²) in [6.45, 7) is 0. The molecule has 184 valence electrons. The molecule has 0 amide bonds. The van der Waals surface area contributed by atoms with Crippen molar-refractivity contribution in [1.82, 2.24) is 0 Å². The topological polar surface area (TPSA) is 38.8 Å². The Morgan fingerprint density at radius 1 is 0.667 bits per heavy atom. The lowest BCUT2D eigenvalue weighted by Gasteiger charge is -2.08. The molecule has 3 nitrogen and oxygen atoms in total. The van der Waals surface area contributed by atoms with E-state index in [0.29, 0.717) is 5.75 Å². The first-order valence-corrected chi connectivity index (χ1v) is 13.3. The molecule has 0 N–H and O–H groups in total. The van der Waals surface area contributed by atoms with Crippen LogP contribution in [0.4, 0.5) is 0 Å². The first kappa shape index (κ1) is 24.3. The number of fused-ring (bicyclic) bond motifs is 1. The predicted octanol–water partition coefficient (Wildman–Crippen LogP) is 8.01. The number of hydrogen-bond donors (Lipinski definition) is 0. The van der Waals surface area contributed by atoms with Gasteiger partial charge in [0, 0.05) is 0 Å². The number of benzene rings is 4. The van der Waals surface area contributed by atoms with Crippen LogP contribution < -0.4 is 4.74 Å².